The third-order valence-corrected chi connectivity index (χ3v) is 4.04. The molecule has 1 amide bonds. The maximum Gasteiger partial charge on any atom is 0.387 e. The molecule has 1 aromatic heterocycles. The fraction of sp³-hybridized carbons (Fsp3) is 0.211. The van der Waals surface area contributed by atoms with Crippen LogP contribution in [0, 0.1) is 20.8 Å². The number of amides is 1. The molecule has 0 radical (unpaired) electrons. The molecule has 0 aliphatic carbocycles. The first kappa shape index (κ1) is 18.5. The van der Waals surface area contributed by atoms with Crippen LogP contribution in [0.25, 0.3) is 5.69 Å². The Labute approximate surface area is 154 Å². The zero-order valence-electron chi connectivity index (χ0n) is 15.0. The average Bonchev–Trinajstić information content (AvgIpc) is 3.00. The van der Waals surface area contributed by atoms with Gasteiger partial charge in [0.05, 0.1) is 5.69 Å². The fourth-order valence-electron chi connectivity index (χ4n) is 2.51. The van der Waals surface area contributed by atoms with Crippen molar-refractivity contribution >= 4 is 11.6 Å². The summed E-state index contributed by atoms with van der Waals surface area (Å²) in [7, 11) is 0. The van der Waals surface area contributed by atoms with Crippen LogP contribution in [0.1, 0.15) is 27.6 Å². The van der Waals surface area contributed by atoms with Crippen LogP contribution in [-0.2, 0) is 0 Å². The molecule has 8 heteroatoms. The van der Waals surface area contributed by atoms with Gasteiger partial charge in [-0.2, -0.15) is 8.78 Å². The van der Waals surface area contributed by atoms with E-state index in [1.165, 1.54) is 16.8 Å². The fourth-order valence-corrected chi connectivity index (χ4v) is 2.51. The zero-order valence-corrected chi connectivity index (χ0v) is 15.0. The lowest BCUT2D eigenvalue weighted by molar-refractivity contribution is -0.0498. The molecule has 0 atom stereocenters. The lowest BCUT2D eigenvalue weighted by Crippen LogP contribution is -2.14. The van der Waals surface area contributed by atoms with Crippen molar-refractivity contribution in [3.63, 3.8) is 0 Å². The molecule has 0 bridgehead atoms. The van der Waals surface area contributed by atoms with Crippen molar-refractivity contribution in [3.8, 4) is 11.4 Å². The first-order valence-corrected chi connectivity index (χ1v) is 8.21. The molecular formula is C19H18F2N4O2. The molecule has 2 aromatic carbocycles. The summed E-state index contributed by atoms with van der Waals surface area (Å²) in [5.74, 6) is 0.110. The number of aromatic nitrogens is 3. The Balaban J connectivity index is 1.79. The maximum atomic E-state index is 12.4. The minimum absolute atomic E-state index is 0.0126. The molecule has 0 aliphatic rings. The van der Waals surface area contributed by atoms with Crippen LogP contribution in [0.4, 0.5) is 14.5 Å². The molecule has 27 heavy (non-hydrogen) atoms. The quantitative estimate of drug-likeness (QED) is 0.734. The molecular weight excluding hydrogens is 354 g/mol. The smallest absolute Gasteiger partial charge is 0.387 e. The van der Waals surface area contributed by atoms with Crippen molar-refractivity contribution < 1.29 is 18.3 Å². The van der Waals surface area contributed by atoms with Crippen LogP contribution in [0.5, 0.6) is 5.75 Å². The number of nitrogens with one attached hydrogen (secondary N) is 1. The van der Waals surface area contributed by atoms with E-state index in [0.29, 0.717) is 17.2 Å². The third kappa shape index (κ3) is 4.28. The van der Waals surface area contributed by atoms with Crippen molar-refractivity contribution in [1.82, 2.24) is 14.8 Å². The number of benzene rings is 2. The Morgan fingerprint density at radius 2 is 1.78 bits per heavy atom. The predicted octanol–water partition coefficient (Wildman–Crippen LogP) is 4.05. The van der Waals surface area contributed by atoms with Gasteiger partial charge in [0.1, 0.15) is 11.6 Å². The molecule has 3 aromatic rings. The number of carbonyl (C=O) groups is 1. The largest absolute Gasteiger partial charge is 0.435 e. The summed E-state index contributed by atoms with van der Waals surface area (Å²) in [6.45, 7) is 2.77. The van der Waals surface area contributed by atoms with E-state index < -0.39 is 12.5 Å². The zero-order chi connectivity index (χ0) is 19.6. The number of nitrogens with zero attached hydrogens (tertiary/aromatic N) is 3. The first-order valence-electron chi connectivity index (χ1n) is 8.21. The highest BCUT2D eigenvalue weighted by Gasteiger charge is 2.16. The number of carbonyl (C=O) groups excluding carboxylic acids is 1. The molecule has 0 unspecified atom stereocenters. The minimum atomic E-state index is -2.88. The number of hydrogen-bond donors (Lipinski definition) is 1. The number of rotatable bonds is 5. The van der Waals surface area contributed by atoms with E-state index >= 15 is 0 Å². The molecule has 3 rings (SSSR count). The van der Waals surface area contributed by atoms with Crippen molar-refractivity contribution in [2.45, 2.75) is 27.4 Å². The van der Waals surface area contributed by atoms with Crippen LogP contribution >= 0.6 is 0 Å². The monoisotopic (exact) mass is 372 g/mol. The number of halogens is 2. The highest BCUT2D eigenvalue weighted by atomic mass is 19.3. The van der Waals surface area contributed by atoms with Gasteiger partial charge in [0.2, 0.25) is 5.82 Å². The van der Waals surface area contributed by atoms with Gasteiger partial charge < -0.3 is 10.1 Å². The Bertz CT molecular complexity index is 968. The van der Waals surface area contributed by atoms with Crippen LogP contribution in [0.2, 0.25) is 0 Å². The van der Waals surface area contributed by atoms with E-state index in [1.807, 2.05) is 32.0 Å². The summed E-state index contributed by atoms with van der Waals surface area (Å²) < 4.78 is 30.2. The van der Waals surface area contributed by atoms with E-state index in [9.17, 15) is 13.6 Å². The van der Waals surface area contributed by atoms with Crippen LogP contribution in [0.15, 0.2) is 42.5 Å². The number of alkyl halides is 2. The van der Waals surface area contributed by atoms with Gasteiger partial charge in [0.25, 0.3) is 5.91 Å². The number of anilines is 1. The summed E-state index contributed by atoms with van der Waals surface area (Å²) in [5.41, 5.74) is 3.43. The van der Waals surface area contributed by atoms with Crippen LogP contribution in [0.3, 0.4) is 0 Å². The standard InChI is InChI=1S/C19H18F2N4O2/c1-11-4-5-14(10-12(11)2)23-18(26)17-22-13(3)25(24-17)15-6-8-16(9-7-15)27-19(20)21/h4-10,19H,1-3H3,(H,23,26). The van der Waals surface area contributed by atoms with Gasteiger partial charge in [-0.05, 0) is 68.3 Å². The van der Waals surface area contributed by atoms with Crippen LogP contribution in [-0.4, -0.2) is 27.3 Å². The molecule has 1 heterocycles. The molecule has 6 nitrogen and oxygen atoms in total. The van der Waals surface area contributed by atoms with Gasteiger partial charge in [-0.25, -0.2) is 9.67 Å². The maximum absolute atomic E-state index is 12.4. The van der Waals surface area contributed by atoms with Gasteiger partial charge >= 0.3 is 6.61 Å². The highest BCUT2D eigenvalue weighted by Crippen LogP contribution is 2.19. The van der Waals surface area contributed by atoms with E-state index in [4.69, 9.17) is 0 Å². The van der Waals surface area contributed by atoms with Crippen LogP contribution < -0.4 is 10.1 Å². The lowest BCUT2D eigenvalue weighted by atomic mass is 10.1. The Morgan fingerprint density at radius 3 is 2.41 bits per heavy atom. The van der Waals surface area contributed by atoms with Crippen molar-refractivity contribution in [2.24, 2.45) is 0 Å². The summed E-state index contributed by atoms with van der Waals surface area (Å²) in [6, 6.07) is 11.5. The second-order valence-electron chi connectivity index (χ2n) is 6.02. The normalized spacial score (nSPS) is 10.9. The lowest BCUT2D eigenvalue weighted by Gasteiger charge is -2.06. The molecule has 1 N–H and O–H groups in total. The molecule has 0 saturated heterocycles. The highest BCUT2D eigenvalue weighted by molar-refractivity contribution is 6.01. The Hall–Kier alpha value is -3.29. The van der Waals surface area contributed by atoms with Gasteiger partial charge in [-0.15, -0.1) is 5.10 Å². The number of aryl methyl sites for hydroxylation is 3. The average molecular weight is 372 g/mol. The molecule has 0 fully saturated rings. The summed E-state index contributed by atoms with van der Waals surface area (Å²) >= 11 is 0. The minimum Gasteiger partial charge on any atom is -0.435 e. The third-order valence-electron chi connectivity index (χ3n) is 4.04. The van der Waals surface area contributed by atoms with Gasteiger partial charge in [0, 0.05) is 5.69 Å². The van der Waals surface area contributed by atoms with Gasteiger partial charge in [-0.1, -0.05) is 6.07 Å². The topological polar surface area (TPSA) is 69.0 Å². The van der Waals surface area contributed by atoms with Crippen molar-refractivity contribution in [1.29, 1.82) is 0 Å². The Kier molecular flexibility index (Phi) is 5.16. The predicted molar refractivity (Wildman–Crippen MR) is 96.6 cm³/mol. The SMILES string of the molecule is Cc1ccc(NC(=O)c2nc(C)n(-c3ccc(OC(F)F)cc3)n2)cc1C. The van der Waals surface area contributed by atoms with E-state index in [-0.39, 0.29) is 11.6 Å². The molecule has 0 aliphatic heterocycles. The van der Waals surface area contributed by atoms with Crippen molar-refractivity contribution in [3.05, 3.63) is 65.2 Å². The summed E-state index contributed by atoms with van der Waals surface area (Å²) in [4.78, 5) is 16.6. The van der Waals surface area contributed by atoms with E-state index in [0.717, 1.165) is 11.1 Å². The Morgan fingerprint density at radius 1 is 1.07 bits per heavy atom. The molecule has 0 saturated carbocycles. The number of ether oxygens (including phenoxy) is 1. The second-order valence-corrected chi connectivity index (χ2v) is 6.02. The second kappa shape index (κ2) is 7.53. The van der Waals surface area contributed by atoms with Gasteiger partial charge in [-0.3, -0.25) is 4.79 Å². The summed E-state index contributed by atoms with van der Waals surface area (Å²) in [5, 5.41) is 6.98. The van der Waals surface area contributed by atoms with E-state index in [2.05, 4.69) is 20.1 Å². The molecule has 140 valence electrons. The van der Waals surface area contributed by atoms with Gasteiger partial charge in [0.15, 0.2) is 0 Å². The summed E-state index contributed by atoms with van der Waals surface area (Å²) in [6.07, 6.45) is 0. The first-order chi connectivity index (χ1) is 12.8. The van der Waals surface area contributed by atoms with Crippen molar-refractivity contribution in [2.75, 3.05) is 5.32 Å². The van der Waals surface area contributed by atoms with E-state index in [1.54, 1.807) is 19.1 Å². The number of hydrogen-bond acceptors (Lipinski definition) is 4. The molecule has 0 spiro atoms.